The Morgan fingerprint density at radius 2 is 1.50 bits per heavy atom. The van der Waals surface area contributed by atoms with Crippen molar-refractivity contribution >= 4 is 11.8 Å². The molecule has 0 bridgehead atoms. The maximum absolute atomic E-state index is 13.0. The van der Waals surface area contributed by atoms with Crippen LogP contribution in [0.2, 0.25) is 0 Å². The first-order valence-electron chi connectivity index (χ1n) is 9.14. The molecule has 6 nitrogen and oxygen atoms in total. The Morgan fingerprint density at radius 3 is 2.04 bits per heavy atom. The molecule has 0 radical (unpaired) electrons. The molecule has 0 N–H and O–H groups in total. The second-order valence-corrected chi connectivity index (χ2v) is 7.25. The van der Waals surface area contributed by atoms with Crippen molar-refractivity contribution in [3.05, 3.63) is 17.5 Å². The number of hydrogen-bond donors (Lipinski definition) is 0. The molecular weight excluding hydrogens is 304 g/mol. The fourth-order valence-electron chi connectivity index (χ4n) is 3.89. The molecule has 0 spiro atoms. The summed E-state index contributed by atoms with van der Waals surface area (Å²) >= 11 is 0. The first-order valence-corrected chi connectivity index (χ1v) is 9.14. The van der Waals surface area contributed by atoms with E-state index in [0.29, 0.717) is 11.3 Å². The van der Waals surface area contributed by atoms with Gasteiger partial charge in [-0.3, -0.25) is 14.3 Å². The van der Waals surface area contributed by atoms with Crippen LogP contribution in [-0.4, -0.2) is 56.6 Å². The highest BCUT2D eigenvalue weighted by molar-refractivity contribution is 6.06. The lowest BCUT2D eigenvalue weighted by Gasteiger charge is -2.34. The van der Waals surface area contributed by atoms with Crippen molar-refractivity contribution in [1.82, 2.24) is 19.6 Å². The van der Waals surface area contributed by atoms with Crippen LogP contribution in [0.4, 0.5) is 0 Å². The lowest BCUT2D eigenvalue weighted by Crippen LogP contribution is -2.44. The van der Waals surface area contributed by atoms with Crippen LogP contribution >= 0.6 is 0 Å². The number of rotatable bonds is 2. The van der Waals surface area contributed by atoms with Gasteiger partial charge in [0.2, 0.25) is 0 Å². The molecule has 132 valence electrons. The summed E-state index contributed by atoms with van der Waals surface area (Å²) in [6.45, 7) is 5.68. The molecular formula is C18H28N4O2. The fraction of sp³-hybridized carbons (Fsp3) is 0.722. The number of carbonyl (C=O) groups is 2. The van der Waals surface area contributed by atoms with Gasteiger partial charge in [0.25, 0.3) is 11.8 Å². The summed E-state index contributed by atoms with van der Waals surface area (Å²) in [5, 5.41) is 4.34. The van der Waals surface area contributed by atoms with Crippen molar-refractivity contribution in [3.8, 4) is 0 Å². The number of likely N-dealkylation sites (tertiary alicyclic amines) is 2. The minimum atomic E-state index is -0.101. The minimum Gasteiger partial charge on any atom is -0.336 e. The molecule has 2 saturated heterocycles. The molecule has 1 aromatic rings. The summed E-state index contributed by atoms with van der Waals surface area (Å²) in [5.74, 6) is -0.154. The lowest BCUT2D eigenvalue weighted by molar-refractivity contribution is 0.0591. The molecule has 0 saturated carbocycles. The quantitative estimate of drug-likeness (QED) is 0.836. The Kier molecular flexibility index (Phi) is 4.92. The summed E-state index contributed by atoms with van der Waals surface area (Å²) in [5.41, 5.74) is 0.767. The second kappa shape index (κ2) is 6.95. The molecule has 2 aliphatic rings. The van der Waals surface area contributed by atoms with Crippen LogP contribution in [0.25, 0.3) is 0 Å². The van der Waals surface area contributed by atoms with Crippen LogP contribution < -0.4 is 0 Å². The van der Waals surface area contributed by atoms with Gasteiger partial charge in [-0.25, -0.2) is 0 Å². The number of piperidine rings is 2. The van der Waals surface area contributed by atoms with Gasteiger partial charge < -0.3 is 9.80 Å². The van der Waals surface area contributed by atoms with E-state index in [1.165, 1.54) is 0 Å². The van der Waals surface area contributed by atoms with Crippen LogP contribution in [0.5, 0.6) is 0 Å². The molecule has 6 heteroatoms. The van der Waals surface area contributed by atoms with E-state index >= 15 is 0 Å². The normalized spacial score (nSPS) is 25.0. The van der Waals surface area contributed by atoms with Crippen molar-refractivity contribution in [2.75, 3.05) is 13.1 Å². The number of aryl methyl sites for hydroxylation is 1. The predicted molar refractivity (Wildman–Crippen MR) is 91.9 cm³/mol. The van der Waals surface area contributed by atoms with E-state index in [-0.39, 0.29) is 23.9 Å². The van der Waals surface area contributed by atoms with E-state index in [1.807, 2.05) is 9.80 Å². The summed E-state index contributed by atoms with van der Waals surface area (Å²) < 4.78 is 1.59. The maximum Gasteiger partial charge on any atom is 0.275 e. The third-order valence-electron chi connectivity index (χ3n) is 5.39. The summed E-state index contributed by atoms with van der Waals surface area (Å²) in [6.07, 6.45) is 8.12. The Labute approximate surface area is 143 Å². The maximum atomic E-state index is 13.0. The van der Waals surface area contributed by atoms with Gasteiger partial charge in [-0.05, 0) is 52.4 Å². The van der Waals surface area contributed by atoms with Gasteiger partial charge in [-0.1, -0.05) is 0 Å². The predicted octanol–water partition coefficient (Wildman–Crippen LogP) is 2.45. The molecule has 0 aromatic carbocycles. The van der Waals surface area contributed by atoms with Crippen LogP contribution in [-0.2, 0) is 7.05 Å². The zero-order valence-electron chi connectivity index (χ0n) is 15.0. The van der Waals surface area contributed by atoms with Crippen LogP contribution in [0, 0.1) is 0 Å². The number of aromatic nitrogens is 2. The third-order valence-corrected chi connectivity index (χ3v) is 5.39. The highest BCUT2D eigenvalue weighted by Crippen LogP contribution is 2.23. The molecule has 24 heavy (non-hydrogen) atoms. The number of carbonyl (C=O) groups excluding carboxylic acids is 2. The average molecular weight is 332 g/mol. The van der Waals surface area contributed by atoms with Crippen molar-refractivity contribution in [2.45, 2.75) is 64.5 Å². The van der Waals surface area contributed by atoms with E-state index in [0.717, 1.165) is 51.6 Å². The standard InChI is InChI=1S/C18H28N4O2/c1-13-8-4-6-10-21(13)17(23)15-12-20(3)19-16(15)18(24)22-11-7-5-9-14(22)2/h12-14H,4-11H2,1-3H3/t13-,14+/m0/s1. The topological polar surface area (TPSA) is 58.4 Å². The average Bonchev–Trinajstić information content (AvgIpc) is 2.96. The van der Waals surface area contributed by atoms with Crippen LogP contribution in [0.3, 0.4) is 0 Å². The Hall–Kier alpha value is -1.85. The largest absolute Gasteiger partial charge is 0.336 e. The summed E-state index contributed by atoms with van der Waals surface area (Å²) in [4.78, 5) is 29.8. The molecule has 2 aliphatic heterocycles. The smallest absolute Gasteiger partial charge is 0.275 e. The monoisotopic (exact) mass is 332 g/mol. The van der Waals surface area contributed by atoms with Gasteiger partial charge in [0.15, 0.2) is 5.69 Å². The molecule has 1 aromatic heterocycles. The van der Waals surface area contributed by atoms with E-state index in [1.54, 1.807) is 17.9 Å². The number of hydrogen-bond acceptors (Lipinski definition) is 3. The van der Waals surface area contributed by atoms with E-state index in [9.17, 15) is 9.59 Å². The van der Waals surface area contributed by atoms with Gasteiger partial charge in [0.1, 0.15) is 0 Å². The van der Waals surface area contributed by atoms with Crippen molar-refractivity contribution in [2.24, 2.45) is 7.05 Å². The van der Waals surface area contributed by atoms with Crippen molar-refractivity contribution < 1.29 is 9.59 Å². The number of nitrogens with zero attached hydrogens (tertiary/aromatic N) is 4. The van der Waals surface area contributed by atoms with Gasteiger partial charge in [0.05, 0.1) is 5.56 Å². The first-order chi connectivity index (χ1) is 11.5. The zero-order chi connectivity index (χ0) is 17.3. The first kappa shape index (κ1) is 17.0. The summed E-state index contributed by atoms with van der Waals surface area (Å²) in [6, 6.07) is 0.438. The van der Waals surface area contributed by atoms with Gasteiger partial charge in [-0.2, -0.15) is 5.10 Å². The molecule has 2 fully saturated rings. The van der Waals surface area contributed by atoms with Gasteiger partial charge in [-0.15, -0.1) is 0 Å². The van der Waals surface area contributed by atoms with Crippen molar-refractivity contribution in [3.63, 3.8) is 0 Å². The van der Waals surface area contributed by atoms with Crippen LogP contribution in [0.1, 0.15) is 73.2 Å². The van der Waals surface area contributed by atoms with E-state index < -0.39 is 0 Å². The molecule has 3 heterocycles. The van der Waals surface area contributed by atoms with Gasteiger partial charge >= 0.3 is 0 Å². The summed E-state index contributed by atoms with van der Waals surface area (Å²) in [7, 11) is 1.77. The van der Waals surface area contributed by atoms with E-state index in [2.05, 4.69) is 18.9 Å². The van der Waals surface area contributed by atoms with Crippen LogP contribution in [0.15, 0.2) is 6.20 Å². The Balaban J connectivity index is 1.87. The van der Waals surface area contributed by atoms with E-state index in [4.69, 9.17) is 0 Å². The second-order valence-electron chi connectivity index (χ2n) is 7.25. The molecule has 3 rings (SSSR count). The molecule has 2 atom stereocenters. The zero-order valence-corrected chi connectivity index (χ0v) is 15.0. The number of amides is 2. The molecule has 2 amide bonds. The third kappa shape index (κ3) is 3.19. The molecule has 0 aliphatic carbocycles. The SMILES string of the molecule is C[C@@H]1CCCCN1C(=O)c1nn(C)cc1C(=O)N1CCCC[C@@H]1C. The minimum absolute atomic E-state index is 0.0525. The van der Waals surface area contributed by atoms with Gasteiger partial charge in [0, 0.05) is 38.4 Å². The highest BCUT2D eigenvalue weighted by Gasteiger charge is 2.33. The van der Waals surface area contributed by atoms with Crippen molar-refractivity contribution in [1.29, 1.82) is 0 Å². The Morgan fingerprint density at radius 1 is 0.958 bits per heavy atom. The Bertz CT molecular complexity index is 573. The molecule has 0 unspecified atom stereocenters. The fourth-order valence-corrected chi connectivity index (χ4v) is 3.89. The lowest BCUT2D eigenvalue weighted by atomic mass is 10.0. The highest BCUT2D eigenvalue weighted by atomic mass is 16.2.